The zero-order valence-corrected chi connectivity index (χ0v) is 7.06. The number of hydrogen-bond donors (Lipinski definition) is 0. The van der Waals surface area contributed by atoms with Crippen LogP contribution in [-0.4, -0.2) is 29.7 Å². The van der Waals surface area contributed by atoms with Gasteiger partial charge in [0.1, 0.15) is 11.5 Å². The molecule has 1 fully saturated rings. The Bertz CT molecular complexity index is 319. The standard InChI is InChI=1S/C8H9N3O2/c12-8(10-13)6-3-5-11-4-1-2-7(11)9-6/h3H,1-2,4-5H2. The van der Waals surface area contributed by atoms with Crippen LogP contribution in [0.1, 0.15) is 12.8 Å². The molecule has 0 N–H and O–H groups in total. The Balaban J connectivity index is 2.21. The van der Waals surface area contributed by atoms with E-state index in [9.17, 15) is 9.70 Å². The number of fused-ring (bicyclic) bond motifs is 1. The average molecular weight is 179 g/mol. The number of hydrogen-bond acceptors (Lipinski definition) is 4. The topological polar surface area (TPSA) is 62.1 Å². The number of nitroso groups, excluding NO2 is 1. The first kappa shape index (κ1) is 8.10. The summed E-state index contributed by atoms with van der Waals surface area (Å²) in [6, 6.07) is 0. The minimum atomic E-state index is -0.765. The highest BCUT2D eigenvalue weighted by atomic mass is 16.3. The van der Waals surface area contributed by atoms with Gasteiger partial charge in [0.2, 0.25) is 0 Å². The van der Waals surface area contributed by atoms with E-state index in [4.69, 9.17) is 0 Å². The fourth-order valence-electron chi connectivity index (χ4n) is 1.60. The van der Waals surface area contributed by atoms with Gasteiger partial charge >= 0.3 is 5.91 Å². The summed E-state index contributed by atoms with van der Waals surface area (Å²) in [7, 11) is 0. The van der Waals surface area contributed by atoms with Crippen LogP contribution >= 0.6 is 0 Å². The van der Waals surface area contributed by atoms with Gasteiger partial charge in [0, 0.05) is 24.7 Å². The Morgan fingerprint density at radius 1 is 1.62 bits per heavy atom. The Morgan fingerprint density at radius 2 is 2.46 bits per heavy atom. The molecule has 2 rings (SSSR count). The van der Waals surface area contributed by atoms with Crippen LogP contribution in [0.3, 0.4) is 0 Å². The lowest BCUT2D eigenvalue weighted by molar-refractivity contribution is -0.114. The Kier molecular flexibility index (Phi) is 1.92. The number of amidine groups is 1. The van der Waals surface area contributed by atoms with Gasteiger partial charge in [-0.3, -0.25) is 4.79 Å². The first-order valence-corrected chi connectivity index (χ1v) is 4.21. The molecule has 68 valence electrons. The van der Waals surface area contributed by atoms with Gasteiger partial charge in [0.05, 0.1) is 0 Å². The summed E-state index contributed by atoms with van der Waals surface area (Å²) in [6.45, 7) is 1.67. The van der Waals surface area contributed by atoms with E-state index in [1.807, 2.05) is 0 Å². The van der Waals surface area contributed by atoms with Crippen molar-refractivity contribution >= 4 is 11.7 Å². The van der Waals surface area contributed by atoms with Crippen LogP contribution in [-0.2, 0) is 4.79 Å². The molecule has 0 radical (unpaired) electrons. The number of nitrogens with zero attached hydrogens (tertiary/aromatic N) is 3. The third-order valence-corrected chi connectivity index (χ3v) is 2.25. The fourth-order valence-corrected chi connectivity index (χ4v) is 1.60. The summed E-state index contributed by atoms with van der Waals surface area (Å²) in [5.74, 6) is 0.147. The smallest absolute Gasteiger partial charge is 0.334 e. The van der Waals surface area contributed by atoms with E-state index in [0.717, 1.165) is 25.2 Å². The molecular weight excluding hydrogens is 170 g/mol. The van der Waals surface area contributed by atoms with Crippen LogP contribution in [0.15, 0.2) is 21.9 Å². The van der Waals surface area contributed by atoms with Gasteiger partial charge in [-0.05, 0) is 12.5 Å². The van der Waals surface area contributed by atoms with E-state index < -0.39 is 5.91 Å². The SMILES string of the molecule is O=NC(=O)C1=CCN2CCCC2=N1. The molecule has 0 unspecified atom stereocenters. The summed E-state index contributed by atoms with van der Waals surface area (Å²) in [5.41, 5.74) is 0.197. The molecule has 0 atom stereocenters. The third-order valence-electron chi connectivity index (χ3n) is 2.25. The number of amides is 1. The summed E-state index contributed by atoms with van der Waals surface area (Å²) < 4.78 is 0. The molecule has 1 saturated heterocycles. The van der Waals surface area contributed by atoms with Gasteiger partial charge in [-0.2, -0.15) is 0 Å². The van der Waals surface area contributed by atoms with Gasteiger partial charge in [0.15, 0.2) is 0 Å². The van der Waals surface area contributed by atoms with E-state index >= 15 is 0 Å². The van der Waals surface area contributed by atoms with E-state index in [1.165, 1.54) is 0 Å². The zero-order chi connectivity index (χ0) is 9.26. The number of carbonyl (C=O) groups is 1. The van der Waals surface area contributed by atoms with Crippen molar-refractivity contribution in [3.63, 3.8) is 0 Å². The van der Waals surface area contributed by atoms with Crippen molar-refractivity contribution in [1.29, 1.82) is 0 Å². The van der Waals surface area contributed by atoms with Crippen LogP contribution in [0.25, 0.3) is 0 Å². The lowest BCUT2D eigenvalue weighted by Gasteiger charge is -2.20. The molecule has 13 heavy (non-hydrogen) atoms. The molecule has 2 heterocycles. The second-order valence-corrected chi connectivity index (χ2v) is 3.06. The van der Waals surface area contributed by atoms with Crippen molar-refractivity contribution in [3.8, 4) is 0 Å². The monoisotopic (exact) mass is 179 g/mol. The maximum atomic E-state index is 10.9. The first-order chi connectivity index (χ1) is 6.31. The quantitative estimate of drug-likeness (QED) is 0.556. The maximum Gasteiger partial charge on any atom is 0.334 e. The Labute approximate surface area is 75.1 Å². The summed E-state index contributed by atoms with van der Waals surface area (Å²) in [5, 5.41) is 2.34. The zero-order valence-electron chi connectivity index (χ0n) is 7.06. The molecular formula is C8H9N3O2. The second-order valence-electron chi connectivity index (χ2n) is 3.06. The molecule has 0 aromatic heterocycles. The van der Waals surface area contributed by atoms with Crippen molar-refractivity contribution < 1.29 is 4.79 Å². The predicted octanol–water partition coefficient (Wildman–Crippen LogP) is 0.671. The largest absolute Gasteiger partial charge is 0.356 e. The van der Waals surface area contributed by atoms with Crippen molar-refractivity contribution in [2.75, 3.05) is 13.1 Å². The van der Waals surface area contributed by atoms with E-state index in [-0.39, 0.29) is 5.70 Å². The van der Waals surface area contributed by atoms with Gasteiger partial charge in [0.25, 0.3) is 0 Å². The molecule has 1 amide bonds. The van der Waals surface area contributed by atoms with Crippen LogP contribution in [0.5, 0.6) is 0 Å². The predicted molar refractivity (Wildman–Crippen MR) is 47.1 cm³/mol. The molecule has 2 aliphatic rings. The van der Waals surface area contributed by atoms with Crippen LogP contribution < -0.4 is 0 Å². The van der Waals surface area contributed by atoms with Crippen molar-refractivity contribution in [3.05, 3.63) is 16.7 Å². The molecule has 0 spiro atoms. The van der Waals surface area contributed by atoms with Crippen LogP contribution in [0.2, 0.25) is 0 Å². The first-order valence-electron chi connectivity index (χ1n) is 4.21. The lowest BCUT2D eigenvalue weighted by atomic mass is 10.3. The highest BCUT2D eigenvalue weighted by Gasteiger charge is 2.23. The van der Waals surface area contributed by atoms with Crippen molar-refractivity contribution in [1.82, 2.24) is 4.90 Å². The third kappa shape index (κ3) is 1.37. The highest BCUT2D eigenvalue weighted by molar-refractivity contribution is 5.98. The second kappa shape index (κ2) is 3.08. The minimum absolute atomic E-state index is 0.197. The van der Waals surface area contributed by atoms with Gasteiger partial charge in [-0.25, -0.2) is 4.99 Å². The maximum absolute atomic E-state index is 10.9. The molecule has 5 heteroatoms. The summed E-state index contributed by atoms with van der Waals surface area (Å²) in [4.78, 5) is 27.0. The van der Waals surface area contributed by atoms with Crippen molar-refractivity contribution in [2.24, 2.45) is 10.2 Å². The highest BCUT2D eigenvalue weighted by Crippen LogP contribution is 2.18. The molecule has 0 aliphatic carbocycles. The lowest BCUT2D eigenvalue weighted by Crippen LogP contribution is -2.28. The average Bonchev–Trinajstić information content (AvgIpc) is 2.63. The van der Waals surface area contributed by atoms with Crippen LogP contribution in [0, 0.1) is 4.91 Å². The van der Waals surface area contributed by atoms with E-state index in [0.29, 0.717) is 6.54 Å². The fraction of sp³-hybridized carbons (Fsp3) is 0.500. The number of aliphatic imine (C=N–C) groups is 1. The van der Waals surface area contributed by atoms with Gasteiger partial charge in [-0.15, -0.1) is 4.91 Å². The van der Waals surface area contributed by atoms with E-state index in [2.05, 4.69) is 15.1 Å². The molecule has 0 saturated carbocycles. The number of rotatable bonds is 1. The number of carbonyl (C=O) groups excluding carboxylic acids is 1. The van der Waals surface area contributed by atoms with Crippen molar-refractivity contribution in [2.45, 2.75) is 12.8 Å². The summed E-state index contributed by atoms with van der Waals surface area (Å²) in [6.07, 6.45) is 3.62. The van der Waals surface area contributed by atoms with Gasteiger partial charge in [-0.1, -0.05) is 0 Å². The summed E-state index contributed by atoms with van der Waals surface area (Å²) >= 11 is 0. The Hall–Kier alpha value is -1.52. The molecule has 0 bridgehead atoms. The molecule has 0 aromatic carbocycles. The minimum Gasteiger partial charge on any atom is -0.356 e. The molecule has 5 nitrogen and oxygen atoms in total. The van der Waals surface area contributed by atoms with Crippen LogP contribution in [0.4, 0.5) is 0 Å². The van der Waals surface area contributed by atoms with Gasteiger partial charge < -0.3 is 4.90 Å². The Morgan fingerprint density at radius 3 is 3.23 bits per heavy atom. The molecule has 2 aliphatic heterocycles. The van der Waals surface area contributed by atoms with E-state index in [1.54, 1.807) is 6.08 Å². The normalized spacial score (nSPS) is 20.5. The molecule has 0 aromatic rings.